The molecule has 7 heteroatoms. The highest BCUT2D eigenvalue weighted by Crippen LogP contribution is 2.40. The summed E-state index contributed by atoms with van der Waals surface area (Å²) in [6, 6.07) is 14.1. The first-order chi connectivity index (χ1) is 15.4. The second-order valence-electron chi connectivity index (χ2n) is 7.10. The smallest absolute Gasteiger partial charge is 0.231 e. The minimum atomic E-state index is -0.214. The van der Waals surface area contributed by atoms with Crippen molar-refractivity contribution in [3.05, 3.63) is 86.6 Å². The van der Waals surface area contributed by atoms with Gasteiger partial charge in [-0.25, -0.2) is 0 Å². The fourth-order valence-corrected chi connectivity index (χ4v) is 3.94. The standard InChI is InChI=1S/C25H20Cl2O5/c1-14-21(31-13-18-19(26)5-4-6-20(18)27)10-8-17-24(28)23(32-25(14)17)12-15-11-16(29-2)7-9-22(15)30-3/h4-12H,13H2,1-3H3/b23-12-. The Balaban J connectivity index is 1.62. The van der Waals surface area contributed by atoms with Gasteiger partial charge in [0.25, 0.3) is 0 Å². The number of benzene rings is 3. The molecule has 0 saturated heterocycles. The van der Waals surface area contributed by atoms with Gasteiger partial charge in [0.2, 0.25) is 5.78 Å². The third-order valence-electron chi connectivity index (χ3n) is 5.19. The molecule has 0 bridgehead atoms. The number of hydrogen-bond acceptors (Lipinski definition) is 5. The highest BCUT2D eigenvalue weighted by molar-refractivity contribution is 6.35. The van der Waals surface area contributed by atoms with Crippen molar-refractivity contribution in [2.75, 3.05) is 14.2 Å². The Labute approximate surface area is 196 Å². The zero-order chi connectivity index (χ0) is 22.8. The predicted octanol–water partition coefficient (Wildman–Crippen LogP) is 6.51. The SMILES string of the molecule is COc1ccc(OC)c(/C=C2\Oc3c(ccc(OCc4c(Cl)cccc4Cl)c3C)C2=O)c1. The summed E-state index contributed by atoms with van der Waals surface area (Å²) >= 11 is 12.5. The van der Waals surface area contributed by atoms with Gasteiger partial charge in [-0.15, -0.1) is 0 Å². The lowest BCUT2D eigenvalue weighted by molar-refractivity contribution is 0.101. The first-order valence-electron chi connectivity index (χ1n) is 9.78. The second kappa shape index (κ2) is 9.15. The van der Waals surface area contributed by atoms with Gasteiger partial charge in [-0.2, -0.15) is 0 Å². The number of halogens is 2. The Morgan fingerprint density at radius 3 is 2.38 bits per heavy atom. The molecule has 0 radical (unpaired) electrons. The maximum absolute atomic E-state index is 12.9. The quantitative estimate of drug-likeness (QED) is 0.384. The molecule has 1 heterocycles. The summed E-state index contributed by atoms with van der Waals surface area (Å²) < 4.78 is 22.6. The molecular formula is C25H20Cl2O5. The van der Waals surface area contributed by atoms with E-state index in [1.54, 1.807) is 68.8 Å². The maximum atomic E-state index is 12.9. The van der Waals surface area contributed by atoms with Crippen LogP contribution in [0, 0.1) is 6.92 Å². The van der Waals surface area contributed by atoms with Crippen molar-refractivity contribution >= 4 is 35.1 Å². The summed E-state index contributed by atoms with van der Waals surface area (Å²) in [6.45, 7) is 2.03. The highest BCUT2D eigenvalue weighted by atomic mass is 35.5. The summed E-state index contributed by atoms with van der Waals surface area (Å²) in [5, 5.41) is 1.06. The highest BCUT2D eigenvalue weighted by Gasteiger charge is 2.30. The fraction of sp³-hybridized carbons (Fsp3) is 0.160. The number of ether oxygens (including phenoxy) is 4. The van der Waals surface area contributed by atoms with Crippen molar-refractivity contribution in [3.63, 3.8) is 0 Å². The number of rotatable bonds is 6. The van der Waals surface area contributed by atoms with E-state index in [0.29, 0.717) is 55.3 Å². The van der Waals surface area contributed by atoms with E-state index in [9.17, 15) is 4.79 Å². The lowest BCUT2D eigenvalue weighted by Gasteiger charge is -2.13. The minimum absolute atomic E-state index is 0.190. The molecule has 1 aliphatic heterocycles. The van der Waals surface area contributed by atoms with E-state index in [-0.39, 0.29) is 18.1 Å². The summed E-state index contributed by atoms with van der Waals surface area (Å²) in [5.41, 5.74) is 2.54. The van der Waals surface area contributed by atoms with Crippen molar-refractivity contribution in [1.29, 1.82) is 0 Å². The number of methoxy groups -OCH3 is 2. The van der Waals surface area contributed by atoms with Crippen molar-refractivity contribution in [1.82, 2.24) is 0 Å². The lowest BCUT2D eigenvalue weighted by atomic mass is 10.1. The number of carbonyl (C=O) groups is 1. The zero-order valence-electron chi connectivity index (χ0n) is 17.7. The number of carbonyl (C=O) groups excluding carboxylic acids is 1. The molecule has 4 rings (SSSR count). The Morgan fingerprint density at radius 1 is 0.969 bits per heavy atom. The zero-order valence-corrected chi connectivity index (χ0v) is 19.2. The fourth-order valence-electron chi connectivity index (χ4n) is 3.44. The first kappa shape index (κ1) is 22.1. The first-order valence-corrected chi connectivity index (χ1v) is 10.5. The number of hydrogen-bond donors (Lipinski definition) is 0. The van der Waals surface area contributed by atoms with Crippen LogP contribution in [-0.2, 0) is 6.61 Å². The monoisotopic (exact) mass is 470 g/mol. The molecular weight excluding hydrogens is 451 g/mol. The number of fused-ring (bicyclic) bond motifs is 1. The van der Waals surface area contributed by atoms with E-state index >= 15 is 0 Å². The van der Waals surface area contributed by atoms with Crippen LogP contribution in [-0.4, -0.2) is 20.0 Å². The Kier molecular flexibility index (Phi) is 6.31. The molecule has 5 nitrogen and oxygen atoms in total. The molecule has 0 aromatic heterocycles. The summed E-state index contributed by atoms with van der Waals surface area (Å²) in [5.74, 6) is 2.27. The van der Waals surface area contributed by atoms with Gasteiger partial charge in [0.05, 0.1) is 19.8 Å². The maximum Gasteiger partial charge on any atom is 0.231 e. The van der Waals surface area contributed by atoms with Crippen LogP contribution in [0.4, 0.5) is 0 Å². The summed E-state index contributed by atoms with van der Waals surface area (Å²) in [4.78, 5) is 12.9. The van der Waals surface area contributed by atoms with Crippen LogP contribution in [0.15, 0.2) is 54.3 Å². The number of allylic oxidation sites excluding steroid dienone is 1. The lowest BCUT2D eigenvalue weighted by Crippen LogP contribution is -2.00. The molecule has 0 aliphatic carbocycles. The van der Waals surface area contributed by atoms with Gasteiger partial charge in [-0.3, -0.25) is 4.79 Å². The Morgan fingerprint density at radius 2 is 1.69 bits per heavy atom. The van der Waals surface area contributed by atoms with Gasteiger partial charge >= 0.3 is 0 Å². The predicted molar refractivity (Wildman–Crippen MR) is 124 cm³/mol. The third-order valence-corrected chi connectivity index (χ3v) is 5.90. The van der Waals surface area contributed by atoms with Crippen LogP contribution in [0.3, 0.4) is 0 Å². The number of Topliss-reactive ketones (excluding diaryl/α,β-unsaturated/α-hetero) is 1. The van der Waals surface area contributed by atoms with E-state index in [0.717, 1.165) is 0 Å². The van der Waals surface area contributed by atoms with E-state index in [1.807, 2.05) is 6.92 Å². The molecule has 0 amide bonds. The van der Waals surface area contributed by atoms with Gasteiger partial charge in [0.15, 0.2) is 5.76 Å². The molecule has 164 valence electrons. The normalized spacial score (nSPS) is 13.7. The van der Waals surface area contributed by atoms with Gasteiger partial charge < -0.3 is 18.9 Å². The van der Waals surface area contributed by atoms with Crippen LogP contribution < -0.4 is 18.9 Å². The van der Waals surface area contributed by atoms with Gasteiger partial charge in [0, 0.05) is 26.7 Å². The summed E-state index contributed by atoms with van der Waals surface area (Å²) in [7, 11) is 3.14. The average Bonchev–Trinajstić information content (AvgIpc) is 3.10. The largest absolute Gasteiger partial charge is 0.497 e. The molecule has 0 unspecified atom stereocenters. The molecule has 0 atom stereocenters. The van der Waals surface area contributed by atoms with E-state index in [2.05, 4.69) is 0 Å². The van der Waals surface area contributed by atoms with Crippen molar-refractivity contribution in [2.45, 2.75) is 13.5 Å². The second-order valence-corrected chi connectivity index (χ2v) is 7.92. The van der Waals surface area contributed by atoms with Crippen LogP contribution in [0.2, 0.25) is 10.0 Å². The Bertz CT molecular complexity index is 1210. The molecule has 0 fully saturated rings. The molecule has 3 aromatic rings. The molecule has 32 heavy (non-hydrogen) atoms. The molecule has 3 aromatic carbocycles. The minimum Gasteiger partial charge on any atom is -0.497 e. The van der Waals surface area contributed by atoms with Gasteiger partial charge in [-0.1, -0.05) is 29.3 Å². The molecule has 0 saturated carbocycles. The molecule has 0 N–H and O–H groups in total. The van der Waals surface area contributed by atoms with Crippen LogP contribution in [0.5, 0.6) is 23.0 Å². The van der Waals surface area contributed by atoms with Crippen LogP contribution in [0.25, 0.3) is 6.08 Å². The van der Waals surface area contributed by atoms with Crippen LogP contribution >= 0.6 is 23.2 Å². The van der Waals surface area contributed by atoms with E-state index in [1.165, 1.54) is 0 Å². The molecule has 1 aliphatic rings. The van der Waals surface area contributed by atoms with Gasteiger partial charge in [0.1, 0.15) is 29.6 Å². The Hall–Kier alpha value is -3.15. The third kappa shape index (κ3) is 4.14. The van der Waals surface area contributed by atoms with Crippen molar-refractivity contribution in [3.8, 4) is 23.0 Å². The van der Waals surface area contributed by atoms with E-state index < -0.39 is 0 Å². The number of ketones is 1. The molecule has 0 spiro atoms. The van der Waals surface area contributed by atoms with Crippen molar-refractivity contribution in [2.24, 2.45) is 0 Å². The van der Waals surface area contributed by atoms with E-state index in [4.69, 9.17) is 42.1 Å². The summed E-state index contributed by atoms with van der Waals surface area (Å²) in [6.07, 6.45) is 1.65. The van der Waals surface area contributed by atoms with Gasteiger partial charge in [-0.05, 0) is 55.5 Å². The van der Waals surface area contributed by atoms with Crippen LogP contribution in [0.1, 0.15) is 27.0 Å². The van der Waals surface area contributed by atoms with Crippen molar-refractivity contribution < 1.29 is 23.7 Å². The topological polar surface area (TPSA) is 54.0 Å². The average molecular weight is 471 g/mol.